The van der Waals surface area contributed by atoms with E-state index in [1.54, 1.807) is 23.5 Å². The summed E-state index contributed by atoms with van der Waals surface area (Å²) in [7, 11) is 0. The van der Waals surface area contributed by atoms with Gasteiger partial charge < -0.3 is 10.0 Å². The second kappa shape index (κ2) is 4.66. The third kappa shape index (κ3) is 2.33. The van der Waals surface area contributed by atoms with Gasteiger partial charge in [0.2, 0.25) is 0 Å². The number of fused-ring (bicyclic) bond motifs is 1. The molecule has 1 N–H and O–H groups in total. The van der Waals surface area contributed by atoms with Gasteiger partial charge in [-0.25, -0.2) is 9.78 Å². The van der Waals surface area contributed by atoms with E-state index in [9.17, 15) is 4.79 Å². The molecule has 0 fully saturated rings. The molecule has 0 aliphatic carbocycles. The Morgan fingerprint density at radius 2 is 2.26 bits per heavy atom. The zero-order valence-electron chi connectivity index (χ0n) is 10.6. The van der Waals surface area contributed by atoms with Crippen LogP contribution >= 0.6 is 11.3 Å². The van der Waals surface area contributed by atoms with E-state index in [-0.39, 0.29) is 0 Å². The van der Waals surface area contributed by atoms with E-state index >= 15 is 0 Å². The van der Waals surface area contributed by atoms with Crippen LogP contribution in [0.1, 0.15) is 27.2 Å². The summed E-state index contributed by atoms with van der Waals surface area (Å²) in [5.74, 6) is -0.870. The molecule has 0 spiro atoms. The molecule has 1 aliphatic heterocycles. The van der Waals surface area contributed by atoms with E-state index in [1.807, 2.05) is 18.4 Å². The third-order valence-electron chi connectivity index (χ3n) is 3.34. The Kier molecular flexibility index (Phi) is 2.98. The summed E-state index contributed by atoms with van der Waals surface area (Å²) < 4.78 is 0. The van der Waals surface area contributed by atoms with Crippen molar-refractivity contribution in [3.05, 3.63) is 46.0 Å². The Morgan fingerprint density at radius 1 is 1.42 bits per heavy atom. The Balaban J connectivity index is 1.90. The zero-order chi connectivity index (χ0) is 13.4. The average molecular weight is 274 g/mol. The molecule has 0 amide bonds. The number of hydrogen-bond donors (Lipinski definition) is 1. The molecule has 0 atom stereocenters. The van der Waals surface area contributed by atoms with Gasteiger partial charge in [0.05, 0.1) is 11.3 Å². The summed E-state index contributed by atoms with van der Waals surface area (Å²) in [6, 6.07) is 5.40. The highest BCUT2D eigenvalue weighted by atomic mass is 32.1. The maximum absolute atomic E-state index is 11.0. The first-order valence-electron chi connectivity index (χ1n) is 6.15. The first-order valence-corrected chi connectivity index (χ1v) is 7.03. The number of thiazole rings is 1. The standard InChI is InChI=1S/C14H14N2O2S/c1-9-8-19-14(15-9)16-5-4-10-2-3-11(13(17)18)6-12(10)7-16/h2-3,6,8H,4-5,7H2,1H3,(H,17,18). The van der Waals surface area contributed by atoms with E-state index in [0.717, 1.165) is 35.9 Å². The van der Waals surface area contributed by atoms with Crippen LogP contribution < -0.4 is 4.90 Å². The average Bonchev–Trinajstić information content (AvgIpc) is 2.84. The first-order chi connectivity index (χ1) is 9.13. The number of hydrogen-bond acceptors (Lipinski definition) is 4. The number of carboxylic acid groups (broad SMARTS) is 1. The van der Waals surface area contributed by atoms with Gasteiger partial charge in [0, 0.05) is 18.5 Å². The van der Waals surface area contributed by atoms with Gasteiger partial charge in [-0.05, 0) is 36.6 Å². The fraction of sp³-hybridized carbons (Fsp3) is 0.286. The predicted octanol–water partition coefficient (Wildman–Crippen LogP) is 2.71. The van der Waals surface area contributed by atoms with Gasteiger partial charge >= 0.3 is 5.97 Å². The van der Waals surface area contributed by atoms with Gasteiger partial charge in [-0.15, -0.1) is 11.3 Å². The molecule has 19 heavy (non-hydrogen) atoms. The van der Waals surface area contributed by atoms with E-state index in [4.69, 9.17) is 5.11 Å². The lowest BCUT2D eigenvalue weighted by atomic mass is 9.98. The lowest BCUT2D eigenvalue weighted by molar-refractivity contribution is 0.0696. The second-order valence-electron chi connectivity index (χ2n) is 4.73. The SMILES string of the molecule is Cc1csc(N2CCc3ccc(C(=O)O)cc3C2)n1. The van der Waals surface area contributed by atoms with Gasteiger partial charge in [0.25, 0.3) is 0 Å². The van der Waals surface area contributed by atoms with Crippen molar-refractivity contribution in [1.29, 1.82) is 0 Å². The molecule has 5 heteroatoms. The van der Waals surface area contributed by atoms with Crippen molar-refractivity contribution in [3.8, 4) is 0 Å². The van der Waals surface area contributed by atoms with Crippen molar-refractivity contribution < 1.29 is 9.90 Å². The number of carbonyl (C=O) groups is 1. The minimum Gasteiger partial charge on any atom is -0.478 e. The summed E-state index contributed by atoms with van der Waals surface area (Å²) in [4.78, 5) is 17.7. The Hall–Kier alpha value is -1.88. The molecule has 2 heterocycles. The van der Waals surface area contributed by atoms with E-state index in [2.05, 4.69) is 9.88 Å². The Bertz CT molecular complexity index is 636. The highest BCUT2D eigenvalue weighted by molar-refractivity contribution is 7.13. The fourth-order valence-electron chi connectivity index (χ4n) is 2.34. The van der Waals surface area contributed by atoms with Crippen molar-refractivity contribution in [2.45, 2.75) is 19.9 Å². The largest absolute Gasteiger partial charge is 0.478 e. The fourth-order valence-corrected chi connectivity index (χ4v) is 3.17. The number of nitrogens with zero attached hydrogens (tertiary/aromatic N) is 2. The summed E-state index contributed by atoms with van der Waals surface area (Å²) >= 11 is 1.64. The number of rotatable bonds is 2. The molecular formula is C14H14N2O2S. The van der Waals surface area contributed by atoms with Crippen molar-refractivity contribution in [2.24, 2.45) is 0 Å². The van der Waals surface area contributed by atoms with Crippen LogP contribution in [0.3, 0.4) is 0 Å². The summed E-state index contributed by atoms with van der Waals surface area (Å²) in [6.45, 7) is 3.66. The molecular weight excluding hydrogens is 260 g/mol. The maximum Gasteiger partial charge on any atom is 0.335 e. The molecule has 0 bridgehead atoms. The number of benzene rings is 1. The molecule has 1 aliphatic rings. The molecule has 0 unspecified atom stereocenters. The minimum atomic E-state index is -0.870. The van der Waals surface area contributed by atoms with Gasteiger partial charge in [0.15, 0.2) is 5.13 Å². The first kappa shape index (κ1) is 12.2. The molecule has 3 rings (SSSR count). The van der Waals surface area contributed by atoms with Crippen LogP contribution in [0.5, 0.6) is 0 Å². The number of aryl methyl sites for hydroxylation is 1. The highest BCUT2D eigenvalue weighted by Crippen LogP contribution is 2.27. The van der Waals surface area contributed by atoms with E-state index < -0.39 is 5.97 Å². The van der Waals surface area contributed by atoms with Crippen LogP contribution in [0, 0.1) is 6.92 Å². The summed E-state index contributed by atoms with van der Waals surface area (Å²) in [5, 5.41) is 12.1. The minimum absolute atomic E-state index is 0.357. The molecule has 2 aromatic rings. The summed E-state index contributed by atoms with van der Waals surface area (Å²) in [6.07, 6.45) is 0.938. The zero-order valence-corrected chi connectivity index (χ0v) is 11.4. The van der Waals surface area contributed by atoms with Crippen LogP contribution in [0.25, 0.3) is 0 Å². The molecule has 0 saturated carbocycles. The third-order valence-corrected chi connectivity index (χ3v) is 4.36. The molecule has 0 radical (unpaired) electrons. The molecule has 98 valence electrons. The monoisotopic (exact) mass is 274 g/mol. The van der Waals surface area contributed by atoms with E-state index in [0.29, 0.717) is 5.56 Å². The number of anilines is 1. The topological polar surface area (TPSA) is 53.4 Å². The van der Waals surface area contributed by atoms with Crippen LogP contribution in [-0.2, 0) is 13.0 Å². The smallest absolute Gasteiger partial charge is 0.335 e. The van der Waals surface area contributed by atoms with Crippen molar-refractivity contribution in [3.63, 3.8) is 0 Å². The number of aromatic carboxylic acids is 1. The van der Waals surface area contributed by atoms with Gasteiger partial charge in [-0.3, -0.25) is 0 Å². The molecule has 1 aromatic heterocycles. The quantitative estimate of drug-likeness (QED) is 0.915. The van der Waals surface area contributed by atoms with E-state index in [1.165, 1.54) is 5.56 Å². The second-order valence-corrected chi connectivity index (χ2v) is 5.57. The molecule has 0 saturated heterocycles. The van der Waals surface area contributed by atoms with Gasteiger partial charge in [0.1, 0.15) is 0 Å². The summed E-state index contributed by atoms with van der Waals surface area (Å²) in [5.41, 5.74) is 3.73. The van der Waals surface area contributed by atoms with Gasteiger partial charge in [-0.2, -0.15) is 0 Å². The molecule has 1 aromatic carbocycles. The lowest BCUT2D eigenvalue weighted by Crippen LogP contribution is -2.30. The van der Waals surface area contributed by atoms with Crippen LogP contribution in [0.2, 0.25) is 0 Å². The Morgan fingerprint density at radius 3 is 2.95 bits per heavy atom. The Labute approximate surface area is 115 Å². The van der Waals surface area contributed by atoms with Crippen molar-refractivity contribution in [2.75, 3.05) is 11.4 Å². The van der Waals surface area contributed by atoms with Gasteiger partial charge in [-0.1, -0.05) is 6.07 Å². The van der Waals surface area contributed by atoms with Crippen LogP contribution in [0.15, 0.2) is 23.6 Å². The number of aromatic nitrogens is 1. The predicted molar refractivity (Wildman–Crippen MR) is 75.0 cm³/mol. The molecule has 4 nitrogen and oxygen atoms in total. The van der Waals surface area contributed by atoms with Crippen molar-refractivity contribution >= 4 is 22.4 Å². The van der Waals surface area contributed by atoms with Crippen LogP contribution in [0.4, 0.5) is 5.13 Å². The highest BCUT2D eigenvalue weighted by Gasteiger charge is 2.19. The lowest BCUT2D eigenvalue weighted by Gasteiger charge is -2.28. The number of carboxylic acids is 1. The maximum atomic E-state index is 11.0. The van der Waals surface area contributed by atoms with Crippen LogP contribution in [-0.4, -0.2) is 22.6 Å². The normalized spacial score (nSPS) is 14.3. The van der Waals surface area contributed by atoms with Crippen molar-refractivity contribution in [1.82, 2.24) is 4.98 Å².